The first-order valence-corrected chi connectivity index (χ1v) is 8.44. The average Bonchev–Trinajstić information content (AvgIpc) is 2.59. The zero-order valence-electron chi connectivity index (χ0n) is 13.5. The van der Waals surface area contributed by atoms with Crippen molar-refractivity contribution in [2.75, 3.05) is 13.1 Å². The minimum Gasteiger partial charge on any atom is -0.378 e. The first-order valence-electron chi connectivity index (χ1n) is 8.44. The van der Waals surface area contributed by atoms with Crippen LogP contribution in [0, 0.1) is 5.92 Å². The number of nitrogens with one attached hydrogen (secondary N) is 2. The third-order valence-corrected chi connectivity index (χ3v) is 4.31. The van der Waals surface area contributed by atoms with E-state index in [2.05, 4.69) is 10.6 Å². The van der Waals surface area contributed by atoms with E-state index in [4.69, 9.17) is 0 Å². The minimum absolute atomic E-state index is 0.0507. The van der Waals surface area contributed by atoms with Crippen molar-refractivity contribution in [1.82, 2.24) is 10.6 Å². The predicted octanol–water partition coefficient (Wildman–Crippen LogP) is 1.92. The highest BCUT2D eigenvalue weighted by atomic mass is 16.3. The molecule has 0 bridgehead atoms. The van der Waals surface area contributed by atoms with E-state index < -0.39 is 12.0 Å². The lowest BCUT2D eigenvalue weighted by molar-refractivity contribution is -0.130. The number of benzene rings is 1. The molecular weight excluding hydrogens is 292 g/mol. The predicted molar refractivity (Wildman–Crippen MR) is 88.6 cm³/mol. The maximum atomic E-state index is 11.8. The van der Waals surface area contributed by atoms with Gasteiger partial charge < -0.3 is 15.7 Å². The third-order valence-electron chi connectivity index (χ3n) is 4.31. The lowest BCUT2D eigenvalue weighted by Crippen LogP contribution is -2.37. The van der Waals surface area contributed by atoms with Crippen molar-refractivity contribution in [2.24, 2.45) is 5.92 Å². The molecule has 5 heteroatoms. The Bertz CT molecular complexity index is 498. The van der Waals surface area contributed by atoms with Crippen molar-refractivity contribution in [3.8, 4) is 0 Å². The van der Waals surface area contributed by atoms with Gasteiger partial charge in [-0.25, -0.2) is 0 Å². The Labute approximate surface area is 137 Å². The summed E-state index contributed by atoms with van der Waals surface area (Å²) in [5.41, 5.74) is 0.561. The summed E-state index contributed by atoms with van der Waals surface area (Å²) >= 11 is 0. The van der Waals surface area contributed by atoms with Crippen molar-refractivity contribution in [2.45, 2.75) is 44.6 Å². The van der Waals surface area contributed by atoms with Crippen LogP contribution in [0.15, 0.2) is 30.3 Å². The van der Waals surface area contributed by atoms with Crippen LogP contribution in [0.1, 0.15) is 50.2 Å². The first-order chi connectivity index (χ1) is 11.2. The highest BCUT2D eigenvalue weighted by Crippen LogP contribution is 2.25. The van der Waals surface area contributed by atoms with Crippen molar-refractivity contribution in [3.05, 3.63) is 35.9 Å². The van der Waals surface area contributed by atoms with Gasteiger partial charge in [0.25, 0.3) is 5.91 Å². The average molecular weight is 318 g/mol. The minimum atomic E-state index is -1.17. The Morgan fingerprint density at radius 3 is 2.39 bits per heavy atom. The van der Waals surface area contributed by atoms with Crippen molar-refractivity contribution in [1.29, 1.82) is 0 Å². The van der Waals surface area contributed by atoms with Gasteiger partial charge in [0, 0.05) is 19.5 Å². The molecule has 1 aliphatic rings. The molecule has 0 radical (unpaired) electrons. The molecule has 0 aliphatic heterocycles. The number of aliphatic hydroxyl groups excluding tert-OH is 1. The molecule has 1 unspecified atom stereocenters. The molecule has 5 nitrogen and oxygen atoms in total. The fourth-order valence-electron chi connectivity index (χ4n) is 3.00. The van der Waals surface area contributed by atoms with Crippen LogP contribution >= 0.6 is 0 Å². The van der Waals surface area contributed by atoms with Crippen molar-refractivity contribution >= 4 is 11.8 Å². The van der Waals surface area contributed by atoms with Crippen molar-refractivity contribution in [3.63, 3.8) is 0 Å². The molecular formula is C18H26N2O3. The van der Waals surface area contributed by atoms with Gasteiger partial charge in [-0.05, 0) is 24.3 Å². The Balaban J connectivity index is 1.61. The fraction of sp³-hybridized carbons (Fsp3) is 0.556. The molecule has 1 aromatic carbocycles. The summed E-state index contributed by atoms with van der Waals surface area (Å²) in [5, 5.41) is 15.4. The Morgan fingerprint density at radius 2 is 1.70 bits per heavy atom. The smallest absolute Gasteiger partial charge is 0.253 e. The molecule has 3 N–H and O–H groups in total. The topological polar surface area (TPSA) is 78.4 Å². The largest absolute Gasteiger partial charge is 0.378 e. The van der Waals surface area contributed by atoms with Gasteiger partial charge in [-0.15, -0.1) is 0 Å². The number of carbonyl (C=O) groups excluding carboxylic acids is 2. The van der Waals surface area contributed by atoms with E-state index >= 15 is 0 Å². The second kappa shape index (κ2) is 9.30. The van der Waals surface area contributed by atoms with Crippen LogP contribution in [0.4, 0.5) is 0 Å². The van der Waals surface area contributed by atoms with Crippen molar-refractivity contribution < 1.29 is 14.7 Å². The molecule has 1 atom stereocenters. The summed E-state index contributed by atoms with van der Waals surface area (Å²) < 4.78 is 0. The van der Waals surface area contributed by atoms with Gasteiger partial charge in [-0.3, -0.25) is 9.59 Å². The van der Waals surface area contributed by atoms with Gasteiger partial charge in [0.05, 0.1) is 0 Å². The standard InChI is InChI=1S/C18H26N2O3/c21-16(13-14-7-3-1-4-8-14)19-11-12-20-18(23)17(22)15-9-5-2-6-10-15/h2,5-6,9-10,14,17,22H,1,3-4,7-8,11-13H2,(H,19,21)(H,20,23). The van der Waals surface area contributed by atoms with E-state index in [0.717, 1.165) is 12.8 Å². The van der Waals surface area contributed by atoms with E-state index in [1.54, 1.807) is 24.3 Å². The lowest BCUT2D eigenvalue weighted by Gasteiger charge is -2.20. The molecule has 2 amide bonds. The molecule has 126 valence electrons. The van der Waals surface area contributed by atoms with Crippen LogP contribution in [0.5, 0.6) is 0 Å². The molecule has 1 fully saturated rings. The summed E-state index contributed by atoms with van der Waals surface area (Å²) in [6.07, 6.45) is 5.45. The third kappa shape index (κ3) is 6.02. The summed E-state index contributed by atoms with van der Waals surface area (Å²) in [4.78, 5) is 23.7. The zero-order valence-corrected chi connectivity index (χ0v) is 13.5. The summed E-state index contributed by atoms with van der Waals surface area (Å²) in [6, 6.07) is 8.79. The Hall–Kier alpha value is -1.88. The van der Waals surface area contributed by atoms with E-state index in [1.807, 2.05) is 6.07 Å². The van der Waals surface area contributed by atoms with E-state index in [1.165, 1.54) is 19.3 Å². The fourth-order valence-corrected chi connectivity index (χ4v) is 3.00. The second-order valence-corrected chi connectivity index (χ2v) is 6.16. The summed E-state index contributed by atoms with van der Waals surface area (Å²) in [7, 11) is 0. The summed E-state index contributed by atoms with van der Waals surface area (Å²) in [6.45, 7) is 0.706. The number of hydrogen-bond donors (Lipinski definition) is 3. The maximum Gasteiger partial charge on any atom is 0.253 e. The molecule has 2 rings (SSSR count). The van der Waals surface area contributed by atoms with Gasteiger partial charge in [0.2, 0.25) is 5.91 Å². The van der Waals surface area contributed by atoms with Crippen LogP contribution in [0.2, 0.25) is 0 Å². The second-order valence-electron chi connectivity index (χ2n) is 6.16. The number of hydrogen-bond acceptors (Lipinski definition) is 3. The highest BCUT2D eigenvalue weighted by molar-refractivity contribution is 5.82. The molecule has 1 aromatic rings. The molecule has 1 saturated carbocycles. The van der Waals surface area contributed by atoms with E-state index in [-0.39, 0.29) is 5.91 Å². The molecule has 23 heavy (non-hydrogen) atoms. The molecule has 0 aromatic heterocycles. The van der Waals surface area contributed by atoms with Crippen LogP contribution < -0.4 is 10.6 Å². The van der Waals surface area contributed by atoms with Gasteiger partial charge in [0.15, 0.2) is 6.10 Å². The quantitative estimate of drug-likeness (QED) is 0.672. The van der Waals surface area contributed by atoms with Gasteiger partial charge >= 0.3 is 0 Å². The van der Waals surface area contributed by atoms with Crippen LogP contribution in [0.3, 0.4) is 0 Å². The van der Waals surface area contributed by atoms with Crippen LogP contribution in [-0.2, 0) is 9.59 Å². The maximum absolute atomic E-state index is 11.8. The highest BCUT2D eigenvalue weighted by Gasteiger charge is 2.18. The first kappa shape index (κ1) is 17.5. The normalized spacial score (nSPS) is 16.6. The number of carbonyl (C=O) groups is 2. The zero-order chi connectivity index (χ0) is 16.5. The SMILES string of the molecule is O=C(CC1CCCCC1)NCCNC(=O)C(O)c1ccccc1. The number of rotatable bonds is 7. The van der Waals surface area contributed by atoms with Gasteiger partial charge in [-0.1, -0.05) is 49.6 Å². The van der Waals surface area contributed by atoms with E-state index in [9.17, 15) is 14.7 Å². The Morgan fingerprint density at radius 1 is 1.04 bits per heavy atom. The molecule has 0 saturated heterocycles. The van der Waals surface area contributed by atoms with Gasteiger partial charge in [-0.2, -0.15) is 0 Å². The van der Waals surface area contributed by atoms with E-state index in [0.29, 0.717) is 31.0 Å². The lowest BCUT2D eigenvalue weighted by atomic mass is 9.87. The number of aliphatic hydroxyl groups is 1. The molecule has 1 aliphatic carbocycles. The monoisotopic (exact) mass is 318 g/mol. The number of amides is 2. The molecule has 0 heterocycles. The summed E-state index contributed by atoms with van der Waals surface area (Å²) in [5.74, 6) is 0.116. The van der Waals surface area contributed by atoms with Crippen LogP contribution in [0.25, 0.3) is 0 Å². The molecule has 0 spiro atoms. The van der Waals surface area contributed by atoms with Crippen LogP contribution in [-0.4, -0.2) is 30.0 Å². The Kier molecular flexibility index (Phi) is 7.07. The van der Waals surface area contributed by atoms with Gasteiger partial charge in [0.1, 0.15) is 0 Å².